The van der Waals surface area contributed by atoms with E-state index in [-0.39, 0.29) is 10.6 Å². The summed E-state index contributed by atoms with van der Waals surface area (Å²) in [7, 11) is 0. The van der Waals surface area contributed by atoms with Crippen LogP contribution in [0.3, 0.4) is 0 Å². The van der Waals surface area contributed by atoms with Crippen molar-refractivity contribution in [3.05, 3.63) is 39.9 Å². The number of nitrogens with one attached hydrogen (secondary N) is 1. The van der Waals surface area contributed by atoms with Gasteiger partial charge in [-0.3, -0.25) is 10.1 Å². The molecule has 1 aromatic carbocycles. The van der Waals surface area contributed by atoms with Gasteiger partial charge in [-0.05, 0) is 31.9 Å². The van der Waals surface area contributed by atoms with Crippen LogP contribution >= 0.6 is 0 Å². The summed E-state index contributed by atoms with van der Waals surface area (Å²) in [5, 5.41) is 14.0. The van der Waals surface area contributed by atoms with Crippen LogP contribution in [0.25, 0.3) is 0 Å². The molecule has 1 aromatic rings. The van der Waals surface area contributed by atoms with E-state index < -0.39 is 0 Å². The topological polar surface area (TPSA) is 64.4 Å². The number of hydrogen-bond donors (Lipinski definition) is 1. The van der Waals surface area contributed by atoms with Gasteiger partial charge in [0.25, 0.3) is 5.69 Å². The molecule has 5 heteroatoms. The Morgan fingerprint density at radius 3 is 2.53 bits per heavy atom. The second-order valence-electron chi connectivity index (χ2n) is 4.37. The number of nitro groups is 1. The molecule has 0 aliphatic heterocycles. The maximum atomic E-state index is 10.6. The number of ether oxygens (including phenoxy) is 1. The lowest BCUT2D eigenvalue weighted by atomic mass is 10.0. The minimum Gasteiger partial charge on any atom is -0.382 e. The fourth-order valence-electron chi connectivity index (χ4n) is 1.97. The van der Waals surface area contributed by atoms with Gasteiger partial charge in [0, 0.05) is 31.4 Å². The van der Waals surface area contributed by atoms with E-state index in [1.54, 1.807) is 12.1 Å². The van der Waals surface area contributed by atoms with E-state index in [0.29, 0.717) is 6.04 Å². The number of hydrogen-bond acceptors (Lipinski definition) is 4. The van der Waals surface area contributed by atoms with Gasteiger partial charge in [0.05, 0.1) is 4.92 Å². The Kier molecular flexibility index (Phi) is 7.07. The highest BCUT2D eigenvalue weighted by Crippen LogP contribution is 2.14. The SMILES string of the molecule is CCNC(CCOCC)Cc1ccc([N+](=O)[O-])cc1. The number of rotatable bonds is 9. The molecule has 1 N–H and O–H groups in total. The average Bonchev–Trinajstić information content (AvgIpc) is 2.40. The Bertz CT molecular complexity index is 379. The standard InChI is InChI=1S/C14H22N2O3/c1-3-15-13(9-10-19-4-2)11-12-5-7-14(8-6-12)16(17)18/h5-8,13,15H,3-4,9-11H2,1-2H3. The van der Waals surface area contributed by atoms with Crippen molar-refractivity contribution in [3.8, 4) is 0 Å². The number of non-ortho nitro benzene ring substituents is 1. The van der Waals surface area contributed by atoms with E-state index in [4.69, 9.17) is 4.74 Å². The minimum absolute atomic E-state index is 0.137. The maximum Gasteiger partial charge on any atom is 0.269 e. The first kappa shape index (κ1) is 15.6. The molecule has 0 fully saturated rings. The van der Waals surface area contributed by atoms with Gasteiger partial charge < -0.3 is 10.1 Å². The van der Waals surface area contributed by atoms with E-state index in [1.165, 1.54) is 0 Å². The van der Waals surface area contributed by atoms with Crippen molar-refractivity contribution in [2.24, 2.45) is 0 Å². The highest BCUT2D eigenvalue weighted by Gasteiger charge is 2.10. The van der Waals surface area contributed by atoms with Crippen LogP contribution in [-0.4, -0.2) is 30.7 Å². The fraction of sp³-hybridized carbons (Fsp3) is 0.571. The Morgan fingerprint density at radius 2 is 2.00 bits per heavy atom. The summed E-state index contributed by atoms with van der Waals surface area (Å²) < 4.78 is 5.37. The van der Waals surface area contributed by atoms with E-state index in [0.717, 1.165) is 38.2 Å². The molecular formula is C14H22N2O3. The van der Waals surface area contributed by atoms with Gasteiger partial charge in [0.2, 0.25) is 0 Å². The molecule has 0 amide bonds. The van der Waals surface area contributed by atoms with Crippen molar-refractivity contribution in [3.63, 3.8) is 0 Å². The molecule has 1 rings (SSSR count). The van der Waals surface area contributed by atoms with Crippen LogP contribution < -0.4 is 5.32 Å². The molecule has 0 aliphatic carbocycles. The minimum atomic E-state index is -0.374. The first-order valence-electron chi connectivity index (χ1n) is 6.71. The summed E-state index contributed by atoms with van der Waals surface area (Å²) in [6.45, 7) is 6.43. The predicted molar refractivity (Wildman–Crippen MR) is 75.4 cm³/mol. The van der Waals surface area contributed by atoms with E-state index in [9.17, 15) is 10.1 Å². The molecule has 1 unspecified atom stereocenters. The van der Waals surface area contributed by atoms with Crippen LogP contribution in [-0.2, 0) is 11.2 Å². The second-order valence-corrected chi connectivity index (χ2v) is 4.37. The Balaban J connectivity index is 2.54. The van der Waals surface area contributed by atoms with Crippen LogP contribution in [0.4, 0.5) is 5.69 Å². The Morgan fingerprint density at radius 1 is 1.32 bits per heavy atom. The van der Waals surface area contributed by atoms with E-state index in [1.807, 2.05) is 19.1 Å². The molecule has 0 saturated carbocycles. The van der Waals surface area contributed by atoms with Crippen LogP contribution in [0.2, 0.25) is 0 Å². The largest absolute Gasteiger partial charge is 0.382 e. The van der Waals surface area contributed by atoms with Crippen molar-refractivity contribution in [1.29, 1.82) is 0 Å². The molecule has 0 spiro atoms. The molecule has 0 aromatic heterocycles. The third kappa shape index (κ3) is 5.81. The van der Waals surface area contributed by atoms with Gasteiger partial charge in [-0.25, -0.2) is 0 Å². The van der Waals surface area contributed by atoms with Crippen molar-refractivity contribution < 1.29 is 9.66 Å². The molecule has 0 saturated heterocycles. The van der Waals surface area contributed by atoms with Crippen molar-refractivity contribution in [2.45, 2.75) is 32.7 Å². The zero-order valence-electron chi connectivity index (χ0n) is 11.6. The molecule has 0 bridgehead atoms. The maximum absolute atomic E-state index is 10.6. The summed E-state index contributed by atoms with van der Waals surface area (Å²) in [5.74, 6) is 0. The summed E-state index contributed by atoms with van der Waals surface area (Å²) in [6.07, 6.45) is 1.80. The highest BCUT2D eigenvalue weighted by atomic mass is 16.6. The lowest BCUT2D eigenvalue weighted by molar-refractivity contribution is -0.384. The van der Waals surface area contributed by atoms with E-state index >= 15 is 0 Å². The van der Waals surface area contributed by atoms with Crippen LogP contribution in [0.15, 0.2) is 24.3 Å². The monoisotopic (exact) mass is 266 g/mol. The predicted octanol–water partition coefficient (Wildman–Crippen LogP) is 2.54. The molecule has 19 heavy (non-hydrogen) atoms. The second kappa shape index (κ2) is 8.61. The third-order valence-electron chi connectivity index (χ3n) is 2.94. The van der Waals surface area contributed by atoms with Gasteiger partial charge >= 0.3 is 0 Å². The lowest BCUT2D eigenvalue weighted by Crippen LogP contribution is -2.32. The molecular weight excluding hydrogens is 244 g/mol. The van der Waals surface area contributed by atoms with E-state index in [2.05, 4.69) is 12.2 Å². The zero-order chi connectivity index (χ0) is 14.1. The normalized spacial score (nSPS) is 12.3. The third-order valence-corrected chi connectivity index (χ3v) is 2.94. The Hall–Kier alpha value is -1.46. The van der Waals surface area contributed by atoms with Crippen molar-refractivity contribution in [1.82, 2.24) is 5.32 Å². The van der Waals surface area contributed by atoms with Crippen LogP contribution in [0.5, 0.6) is 0 Å². The summed E-state index contributed by atoms with van der Waals surface area (Å²) in [4.78, 5) is 10.2. The molecule has 5 nitrogen and oxygen atoms in total. The zero-order valence-corrected chi connectivity index (χ0v) is 11.6. The number of nitro benzene ring substituents is 1. The molecule has 0 aliphatic rings. The summed E-state index contributed by atoms with van der Waals surface area (Å²) in [6, 6.07) is 7.10. The van der Waals surface area contributed by atoms with Gasteiger partial charge in [-0.1, -0.05) is 19.1 Å². The van der Waals surface area contributed by atoms with Crippen molar-refractivity contribution >= 4 is 5.69 Å². The molecule has 0 heterocycles. The average molecular weight is 266 g/mol. The lowest BCUT2D eigenvalue weighted by Gasteiger charge is -2.17. The molecule has 106 valence electrons. The summed E-state index contributed by atoms with van der Waals surface area (Å²) in [5.41, 5.74) is 1.24. The van der Waals surface area contributed by atoms with Crippen LogP contribution in [0, 0.1) is 10.1 Å². The Labute approximate surface area is 114 Å². The van der Waals surface area contributed by atoms with Gasteiger partial charge in [-0.2, -0.15) is 0 Å². The number of benzene rings is 1. The fourth-order valence-corrected chi connectivity index (χ4v) is 1.97. The molecule has 1 atom stereocenters. The number of nitrogens with zero attached hydrogens (tertiary/aromatic N) is 1. The number of likely N-dealkylation sites (N-methyl/N-ethyl adjacent to an activating group) is 1. The van der Waals surface area contributed by atoms with Crippen LogP contribution in [0.1, 0.15) is 25.8 Å². The van der Waals surface area contributed by atoms with Gasteiger partial charge in [0.1, 0.15) is 0 Å². The quantitative estimate of drug-likeness (QED) is 0.424. The first-order valence-corrected chi connectivity index (χ1v) is 6.71. The first-order chi connectivity index (χ1) is 9.17. The van der Waals surface area contributed by atoms with Crippen molar-refractivity contribution in [2.75, 3.05) is 19.8 Å². The van der Waals surface area contributed by atoms with Gasteiger partial charge in [0.15, 0.2) is 0 Å². The van der Waals surface area contributed by atoms with Gasteiger partial charge in [-0.15, -0.1) is 0 Å². The highest BCUT2D eigenvalue weighted by molar-refractivity contribution is 5.33. The smallest absolute Gasteiger partial charge is 0.269 e. The summed E-state index contributed by atoms with van der Waals surface area (Å²) >= 11 is 0. The molecule has 0 radical (unpaired) electrons.